The lowest BCUT2D eigenvalue weighted by Gasteiger charge is -2.12. The van der Waals surface area contributed by atoms with Crippen molar-refractivity contribution in [2.75, 3.05) is 6.61 Å². The van der Waals surface area contributed by atoms with Crippen LogP contribution in [0, 0.1) is 0 Å². The van der Waals surface area contributed by atoms with Gasteiger partial charge in [-0.25, -0.2) is 0 Å². The van der Waals surface area contributed by atoms with Gasteiger partial charge in [0, 0.05) is 11.1 Å². The number of para-hydroxylation sites is 1. The van der Waals surface area contributed by atoms with Gasteiger partial charge < -0.3 is 9.15 Å². The third-order valence-corrected chi connectivity index (χ3v) is 5.45. The summed E-state index contributed by atoms with van der Waals surface area (Å²) in [7, 11) is 0. The van der Waals surface area contributed by atoms with Crippen molar-refractivity contribution in [1.29, 1.82) is 0 Å². The Morgan fingerprint density at radius 2 is 1.65 bits per heavy atom. The fraction of sp³-hybridized carbons (Fsp3) is 0.154. The molecule has 4 nitrogen and oxygen atoms in total. The van der Waals surface area contributed by atoms with Gasteiger partial charge in [0.2, 0.25) is 11.2 Å². The molecular formula is C26H21ClO4. The normalized spacial score (nSPS) is 11.1. The van der Waals surface area contributed by atoms with Gasteiger partial charge in [-0.05, 0) is 35.7 Å². The molecule has 0 spiro atoms. The molecule has 4 aromatic rings. The van der Waals surface area contributed by atoms with E-state index >= 15 is 0 Å². The highest BCUT2D eigenvalue weighted by Crippen LogP contribution is 2.35. The number of fused-ring (bicyclic) bond motifs is 1. The number of hydrogen-bond acceptors (Lipinski definition) is 4. The predicted octanol–water partition coefficient (Wildman–Crippen LogP) is 6.50. The minimum Gasteiger partial charge on any atom is -0.478 e. The van der Waals surface area contributed by atoms with Crippen LogP contribution in [0.4, 0.5) is 0 Å². The van der Waals surface area contributed by atoms with Crippen LogP contribution in [0.15, 0.2) is 82.0 Å². The summed E-state index contributed by atoms with van der Waals surface area (Å²) in [6.45, 7) is 3.89. The van der Waals surface area contributed by atoms with Crippen molar-refractivity contribution in [3.63, 3.8) is 0 Å². The molecule has 4 rings (SSSR count). The molecule has 1 aromatic heterocycles. The minimum atomic E-state index is -0.347. The van der Waals surface area contributed by atoms with E-state index in [1.807, 2.05) is 12.1 Å². The summed E-state index contributed by atoms with van der Waals surface area (Å²) in [4.78, 5) is 25.9. The zero-order valence-electron chi connectivity index (χ0n) is 17.2. The zero-order valence-corrected chi connectivity index (χ0v) is 18.0. The molecule has 0 amide bonds. The summed E-state index contributed by atoms with van der Waals surface area (Å²) in [5, 5.41) is 0.795. The van der Waals surface area contributed by atoms with Gasteiger partial charge in [0.05, 0.1) is 10.4 Å². The molecule has 0 radical (unpaired) electrons. The van der Waals surface area contributed by atoms with Crippen molar-refractivity contribution in [1.82, 2.24) is 0 Å². The molecule has 5 heteroatoms. The molecule has 156 valence electrons. The maximum atomic E-state index is 13.2. The van der Waals surface area contributed by atoms with E-state index in [-0.39, 0.29) is 29.3 Å². The molecule has 0 fully saturated rings. The quantitative estimate of drug-likeness (QED) is 0.326. The number of ether oxygens (including phenoxy) is 1. The second kappa shape index (κ2) is 8.78. The molecule has 0 bridgehead atoms. The first kappa shape index (κ1) is 20.9. The number of carbonyl (C=O) groups excluding carboxylic acids is 1. The highest BCUT2D eigenvalue weighted by atomic mass is 35.5. The molecule has 0 N–H and O–H groups in total. The minimum absolute atomic E-state index is 0.0287. The lowest BCUT2D eigenvalue weighted by Crippen LogP contribution is -2.17. The molecule has 0 aliphatic carbocycles. The van der Waals surface area contributed by atoms with Crippen LogP contribution < -0.4 is 10.2 Å². The van der Waals surface area contributed by atoms with Crippen LogP contribution in [-0.2, 0) is 0 Å². The lowest BCUT2D eigenvalue weighted by atomic mass is 10.0. The van der Waals surface area contributed by atoms with Gasteiger partial charge in [0.25, 0.3) is 0 Å². The fourth-order valence-corrected chi connectivity index (χ4v) is 3.58. The first-order valence-corrected chi connectivity index (χ1v) is 10.4. The molecule has 1 heterocycles. The van der Waals surface area contributed by atoms with E-state index in [1.54, 1.807) is 60.7 Å². The summed E-state index contributed by atoms with van der Waals surface area (Å²) in [6.07, 6.45) is 0. The van der Waals surface area contributed by atoms with Crippen molar-refractivity contribution in [3.8, 4) is 17.1 Å². The Labute approximate surface area is 185 Å². The van der Waals surface area contributed by atoms with E-state index in [1.165, 1.54) is 0 Å². The van der Waals surface area contributed by atoms with Gasteiger partial charge in [-0.3, -0.25) is 9.59 Å². The van der Waals surface area contributed by atoms with Crippen LogP contribution in [0.3, 0.4) is 0 Å². The first-order valence-electron chi connectivity index (χ1n) is 10.0. The highest BCUT2D eigenvalue weighted by molar-refractivity contribution is 6.33. The predicted molar refractivity (Wildman–Crippen MR) is 123 cm³/mol. The molecule has 0 saturated heterocycles. The Kier molecular flexibility index (Phi) is 5.92. The number of halogens is 1. The van der Waals surface area contributed by atoms with Gasteiger partial charge in [-0.15, -0.1) is 0 Å². The lowest BCUT2D eigenvalue weighted by molar-refractivity contribution is 0.0920. The maximum absolute atomic E-state index is 13.2. The summed E-state index contributed by atoms with van der Waals surface area (Å²) in [6, 6.07) is 21.3. The number of ketones is 1. The van der Waals surface area contributed by atoms with E-state index in [9.17, 15) is 9.59 Å². The monoisotopic (exact) mass is 432 g/mol. The zero-order chi connectivity index (χ0) is 22.0. The summed E-state index contributed by atoms with van der Waals surface area (Å²) < 4.78 is 11.8. The van der Waals surface area contributed by atoms with E-state index in [0.29, 0.717) is 33.0 Å². The van der Waals surface area contributed by atoms with Crippen LogP contribution in [0.2, 0.25) is 5.02 Å². The van der Waals surface area contributed by atoms with E-state index in [2.05, 4.69) is 13.8 Å². The van der Waals surface area contributed by atoms with Gasteiger partial charge in [0.1, 0.15) is 5.58 Å². The summed E-state index contributed by atoms with van der Waals surface area (Å²) in [5.41, 5.74) is 2.27. The van der Waals surface area contributed by atoms with E-state index in [0.717, 1.165) is 5.56 Å². The number of hydrogen-bond donors (Lipinski definition) is 0. The Morgan fingerprint density at radius 1 is 0.968 bits per heavy atom. The average molecular weight is 433 g/mol. The maximum Gasteiger partial charge on any atom is 0.235 e. The summed E-state index contributed by atoms with van der Waals surface area (Å²) in [5.74, 6) is 0.324. The standard InChI is InChI=1S/C26H21ClO4/c1-16(2)17-11-13-18(14-12-17)22(28)15-30-26-24(29)20-8-4-6-10-23(20)31-25(26)19-7-3-5-9-21(19)27/h3-14,16H,15H2,1-2H3. The van der Waals surface area contributed by atoms with Gasteiger partial charge >= 0.3 is 0 Å². The number of Topliss-reactive ketones (excluding diaryl/α,β-unsaturated/α-hetero) is 1. The van der Waals surface area contributed by atoms with Crippen LogP contribution in [0.5, 0.6) is 5.75 Å². The summed E-state index contributed by atoms with van der Waals surface area (Å²) >= 11 is 6.35. The fourth-order valence-electron chi connectivity index (χ4n) is 3.35. The average Bonchev–Trinajstić information content (AvgIpc) is 2.78. The van der Waals surface area contributed by atoms with Gasteiger partial charge in [0.15, 0.2) is 18.2 Å². The van der Waals surface area contributed by atoms with Gasteiger partial charge in [-0.2, -0.15) is 0 Å². The number of benzene rings is 3. The molecule has 3 aromatic carbocycles. The van der Waals surface area contributed by atoms with Crippen LogP contribution in [-0.4, -0.2) is 12.4 Å². The Hall–Kier alpha value is -3.37. The van der Waals surface area contributed by atoms with E-state index in [4.69, 9.17) is 20.8 Å². The molecule has 0 aliphatic rings. The molecule has 31 heavy (non-hydrogen) atoms. The molecule has 0 aliphatic heterocycles. The highest BCUT2D eigenvalue weighted by Gasteiger charge is 2.20. The van der Waals surface area contributed by atoms with Crippen molar-refractivity contribution < 1.29 is 13.9 Å². The molecular weight excluding hydrogens is 412 g/mol. The van der Waals surface area contributed by atoms with E-state index < -0.39 is 0 Å². The number of rotatable bonds is 6. The Morgan fingerprint density at radius 3 is 2.35 bits per heavy atom. The third-order valence-electron chi connectivity index (χ3n) is 5.12. The Balaban J connectivity index is 1.71. The van der Waals surface area contributed by atoms with Crippen molar-refractivity contribution >= 4 is 28.4 Å². The topological polar surface area (TPSA) is 56.5 Å². The van der Waals surface area contributed by atoms with Crippen LogP contribution >= 0.6 is 11.6 Å². The molecule has 0 unspecified atom stereocenters. The smallest absolute Gasteiger partial charge is 0.235 e. The second-order valence-electron chi connectivity index (χ2n) is 7.55. The van der Waals surface area contributed by atoms with Crippen LogP contribution in [0.25, 0.3) is 22.3 Å². The Bertz CT molecular complexity index is 1300. The van der Waals surface area contributed by atoms with Gasteiger partial charge in [-0.1, -0.05) is 74.0 Å². The molecule has 0 saturated carbocycles. The largest absolute Gasteiger partial charge is 0.478 e. The molecule has 0 atom stereocenters. The van der Waals surface area contributed by atoms with Crippen molar-refractivity contribution in [2.24, 2.45) is 0 Å². The number of carbonyl (C=O) groups is 1. The SMILES string of the molecule is CC(C)c1ccc(C(=O)COc2c(-c3ccccc3Cl)oc3ccccc3c2=O)cc1. The second-order valence-corrected chi connectivity index (χ2v) is 7.96. The third kappa shape index (κ3) is 4.25. The van der Waals surface area contributed by atoms with Crippen molar-refractivity contribution in [2.45, 2.75) is 19.8 Å². The van der Waals surface area contributed by atoms with Crippen LogP contribution in [0.1, 0.15) is 35.7 Å². The first-order chi connectivity index (χ1) is 15.0. The van der Waals surface area contributed by atoms with Crippen molar-refractivity contribution in [3.05, 3.63) is 99.2 Å².